The Balaban J connectivity index is 1.62. The van der Waals surface area contributed by atoms with Gasteiger partial charge < -0.3 is 20.1 Å². The minimum atomic E-state index is 0.421. The third kappa shape index (κ3) is 5.56. The van der Waals surface area contributed by atoms with Crippen LogP contribution < -0.4 is 15.4 Å². The van der Waals surface area contributed by atoms with Gasteiger partial charge in [0, 0.05) is 26.7 Å². The first-order valence-electron chi connectivity index (χ1n) is 8.01. The van der Waals surface area contributed by atoms with E-state index in [0.717, 1.165) is 44.2 Å². The van der Waals surface area contributed by atoms with E-state index in [2.05, 4.69) is 27.8 Å². The van der Waals surface area contributed by atoms with Gasteiger partial charge in [-0.3, -0.25) is 4.99 Å². The summed E-state index contributed by atoms with van der Waals surface area (Å²) in [5.74, 6) is 1.75. The van der Waals surface area contributed by atoms with Gasteiger partial charge in [0.05, 0.1) is 13.2 Å². The van der Waals surface area contributed by atoms with Crippen LogP contribution in [-0.2, 0) is 11.2 Å². The lowest BCUT2D eigenvalue weighted by molar-refractivity contribution is 0.105. The van der Waals surface area contributed by atoms with Crippen LogP contribution in [0, 0.1) is 0 Å². The van der Waals surface area contributed by atoms with Gasteiger partial charge in [0.15, 0.2) is 5.96 Å². The molecule has 2 rings (SSSR count). The van der Waals surface area contributed by atoms with E-state index < -0.39 is 0 Å². The minimum Gasteiger partial charge on any atom is -0.497 e. The Morgan fingerprint density at radius 1 is 1.27 bits per heavy atom. The first-order chi connectivity index (χ1) is 10.8. The van der Waals surface area contributed by atoms with Crippen molar-refractivity contribution in [1.29, 1.82) is 0 Å². The van der Waals surface area contributed by atoms with Gasteiger partial charge in [-0.15, -0.1) is 0 Å². The summed E-state index contributed by atoms with van der Waals surface area (Å²) in [6, 6.07) is 8.16. The molecule has 0 spiro atoms. The molecule has 1 aliphatic heterocycles. The molecule has 0 aromatic heterocycles. The van der Waals surface area contributed by atoms with Crippen molar-refractivity contribution in [3.05, 3.63) is 29.8 Å². The van der Waals surface area contributed by atoms with Crippen molar-refractivity contribution in [1.82, 2.24) is 10.6 Å². The van der Waals surface area contributed by atoms with Crippen LogP contribution in [0.25, 0.3) is 0 Å². The van der Waals surface area contributed by atoms with Crippen molar-refractivity contribution in [2.45, 2.75) is 31.8 Å². The number of guanidine groups is 1. The summed E-state index contributed by atoms with van der Waals surface area (Å²) in [7, 11) is 3.48. The van der Waals surface area contributed by atoms with Gasteiger partial charge in [-0.2, -0.15) is 0 Å². The maximum Gasteiger partial charge on any atom is 0.190 e. The highest BCUT2D eigenvalue weighted by molar-refractivity contribution is 5.79. The molecule has 1 aromatic rings. The molecule has 22 heavy (non-hydrogen) atoms. The Morgan fingerprint density at radius 3 is 2.68 bits per heavy atom. The topological polar surface area (TPSA) is 54.9 Å². The van der Waals surface area contributed by atoms with Crippen LogP contribution >= 0.6 is 0 Å². The number of hydrogen-bond acceptors (Lipinski definition) is 3. The SMILES string of the molecule is CN=C(NCCc1ccc(OC)cc1)NCCC1CCCO1. The maximum absolute atomic E-state index is 5.62. The van der Waals surface area contributed by atoms with Crippen molar-refractivity contribution < 1.29 is 9.47 Å². The van der Waals surface area contributed by atoms with Crippen LogP contribution in [-0.4, -0.2) is 45.9 Å². The van der Waals surface area contributed by atoms with Gasteiger partial charge in [-0.05, 0) is 43.4 Å². The van der Waals surface area contributed by atoms with Crippen LogP contribution in [0.5, 0.6) is 5.75 Å². The fraction of sp³-hybridized carbons (Fsp3) is 0.588. The van der Waals surface area contributed by atoms with E-state index in [1.54, 1.807) is 14.2 Å². The molecule has 5 heteroatoms. The molecule has 0 aliphatic carbocycles. The normalized spacial score (nSPS) is 18.3. The lowest BCUT2D eigenvalue weighted by Gasteiger charge is -2.14. The number of nitrogens with zero attached hydrogens (tertiary/aromatic N) is 1. The van der Waals surface area contributed by atoms with Gasteiger partial charge in [0.1, 0.15) is 5.75 Å². The number of hydrogen-bond donors (Lipinski definition) is 2. The average Bonchev–Trinajstić information content (AvgIpc) is 3.07. The zero-order valence-corrected chi connectivity index (χ0v) is 13.6. The van der Waals surface area contributed by atoms with E-state index in [1.165, 1.54) is 18.4 Å². The van der Waals surface area contributed by atoms with Gasteiger partial charge in [0.25, 0.3) is 0 Å². The van der Waals surface area contributed by atoms with E-state index in [9.17, 15) is 0 Å². The molecule has 1 heterocycles. The van der Waals surface area contributed by atoms with Crippen LogP contribution in [0.2, 0.25) is 0 Å². The molecule has 2 N–H and O–H groups in total. The fourth-order valence-corrected chi connectivity index (χ4v) is 2.56. The van der Waals surface area contributed by atoms with E-state index >= 15 is 0 Å². The zero-order chi connectivity index (χ0) is 15.6. The largest absolute Gasteiger partial charge is 0.497 e. The van der Waals surface area contributed by atoms with Gasteiger partial charge in [-0.25, -0.2) is 0 Å². The number of rotatable bonds is 7. The number of ether oxygens (including phenoxy) is 2. The van der Waals surface area contributed by atoms with E-state index in [0.29, 0.717) is 6.10 Å². The number of methoxy groups -OCH3 is 1. The summed E-state index contributed by atoms with van der Waals surface area (Å²) in [4.78, 5) is 4.24. The predicted molar refractivity (Wildman–Crippen MR) is 89.7 cm³/mol. The van der Waals surface area contributed by atoms with Gasteiger partial charge >= 0.3 is 0 Å². The molecule has 1 unspecified atom stereocenters. The number of aliphatic imine (C=N–C) groups is 1. The molecule has 0 bridgehead atoms. The second-order valence-corrected chi connectivity index (χ2v) is 5.45. The van der Waals surface area contributed by atoms with Gasteiger partial charge in [-0.1, -0.05) is 12.1 Å². The Hall–Kier alpha value is -1.75. The molecule has 0 radical (unpaired) electrons. The molecule has 122 valence electrons. The fourth-order valence-electron chi connectivity index (χ4n) is 2.56. The molecule has 1 fully saturated rings. The lowest BCUT2D eigenvalue weighted by Crippen LogP contribution is -2.39. The Kier molecular flexibility index (Phi) is 7.03. The molecule has 0 amide bonds. The molecular formula is C17H27N3O2. The summed E-state index contributed by atoms with van der Waals surface area (Å²) >= 11 is 0. The Labute approximate surface area is 133 Å². The summed E-state index contributed by atoms with van der Waals surface area (Å²) in [5, 5.41) is 6.68. The van der Waals surface area contributed by atoms with E-state index in [-0.39, 0.29) is 0 Å². The maximum atomic E-state index is 5.62. The second-order valence-electron chi connectivity index (χ2n) is 5.45. The zero-order valence-electron chi connectivity index (χ0n) is 13.6. The van der Waals surface area contributed by atoms with E-state index in [1.807, 2.05) is 12.1 Å². The second kappa shape index (κ2) is 9.30. The van der Waals surface area contributed by atoms with Crippen LogP contribution in [0.1, 0.15) is 24.8 Å². The molecule has 5 nitrogen and oxygen atoms in total. The van der Waals surface area contributed by atoms with Crippen LogP contribution in [0.15, 0.2) is 29.3 Å². The average molecular weight is 305 g/mol. The Morgan fingerprint density at radius 2 is 2.05 bits per heavy atom. The molecule has 1 aromatic carbocycles. The summed E-state index contributed by atoms with van der Waals surface area (Å²) in [6.45, 7) is 2.66. The van der Waals surface area contributed by atoms with Crippen molar-refractivity contribution in [2.75, 3.05) is 33.9 Å². The highest BCUT2D eigenvalue weighted by Crippen LogP contribution is 2.14. The smallest absolute Gasteiger partial charge is 0.190 e. The number of nitrogens with one attached hydrogen (secondary N) is 2. The highest BCUT2D eigenvalue weighted by Gasteiger charge is 2.14. The van der Waals surface area contributed by atoms with Crippen molar-refractivity contribution in [3.8, 4) is 5.75 Å². The van der Waals surface area contributed by atoms with Crippen LogP contribution in [0.4, 0.5) is 0 Å². The third-order valence-electron chi connectivity index (χ3n) is 3.87. The molecule has 1 saturated heterocycles. The predicted octanol–water partition coefficient (Wildman–Crippen LogP) is 1.97. The minimum absolute atomic E-state index is 0.421. The Bertz CT molecular complexity index is 453. The number of benzene rings is 1. The van der Waals surface area contributed by atoms with Gasteiger partial charge in [0.2, 0.25) is 0 Å². The summed E-state index contributed by atoms with van der Waals surface area (Å²) in [5.41, 5.74) is 1.28. The lowest BCUT2D eigenvalue weighted by atomic mass is 10.1. The molecular weight excluding hydrogens is 278 g/mol. The molecule has 0 saturated carbocycles. The highest BCUT2D eigenvalue weighted by atomic mass is 16.5. The van der Waals surface area contributed by atoms with Crippen molar-refractivity contribution >= 4 is 5.96 Å². The van der Waals surface area contributed by atoms with Crippen molar-refractivity contribution in [2.24, 2.45) is 4.99 Å². The molecule has 1 aliphatic rings. The van der Waals surface area contributed by atoms with E-state index in [4.69, 9.17) is 9.47 Å². The quantitative estimate of drug-likeness (QED) is 0.597. The third-order valence-corrected chi connectivity index (χ3v) is 3.87. The standard InChI is InChI=1S/C17H27N3O2/c1-18-17(20-12-10-16-4-3-13-22-16)19-11-9-14-5-7-15(21-2)8-6-14/h5-8,16H,3-4,9-13H2,1-2H3,(H2,18,19,20). The van der Waals surface area contributed by atoms with Crippen molar-refractivity contribution in [3.63, 3.8) is 0 Å². The molecule has 1 atom stereocenters. The van der Waals surface area contributed by atoms with Crippen LogP contribution in [0.3, 0.4) is 0 Å². The first-order valence-corrected chi connectivity index (χ1v) is 8.01. The summed E-state index contributed by atoms with van der Waals surface area (Å²) in [6.07, 6.45) is 4.80. The monoisotopic (exact) mass is 305 g/mol. The first kappa shape index (κ1) is 16.6. The summed E-state index contributed by atoms with van der Waals surface area (Å²) < 4.78 is 10.8.